The summed E-state index contributed by atoms with van der Waals surface area (Å²) in [4.78, 5) is 22.8. The number of benzene rings is 1. The van der Waals surface area contributed by atoms with Crippen LogP contribution in [0.5, 0.6) is 0 Å². The molecule has 2 aromatic rings. The summed E-state index contributed by atoms with van der Waals surface area (Å²) >= 11 is 0. The first-order chi connectivity index (χ1) is 17.2. The van der Waals surface area contributed by atoms with Crippen molar-refractivity contribution in [1.29, 1.82) is 0 Å². The van der Waals surface area contributed by atoms with Gasteiger partial charge >= 0.3 is 0 Å². The summed E-state index contributed by atoms with van der Waals surface area (Å²) in [5.74, 6) is 1.01. The molecule has 35 heavy (non-hydrogen) atoms. The lowest BCUT2D eigenvalue weighted by Gasteiger charge is -2.36. The number of hydrogen-bond acceptors (Lipinski definition) is 7. The van der Waals surface area contributed by atoms with Crippen LogP contribution >= 0.6 is 0 Å². The number of methoxy groups -OCH3 is 2. The van der Waals surface area contributed by atoms with E-state index in [1.165, 1.54) is 0 Å². The first-order valence-corrected chi connectivity index (χ1v) is 12.7. The summed E-state index contributed by atoms with van der Waals surface area (Å²) < 4.78 is 16.7. The quantitative estimate of drug-likeness (QED) is 0.667. The first-order valence-electron chi connectivity index (χ1n) is 12.7. The number of morpholine rings is 1. The number of hydrogen-bond donors (Lipinski definition) is 1. The fourth-order valence-electron chi connectivity index (χ4n) is 5.45. The van der Waals surface area contributed by atoms with Gasteiger partial charge in [-0.05, 0) is 56.4 Å². The topological polar surface area (TPSA) is 76.2 Å². The third kappa shape index (κ3) is 5.29. The maximum absolute atomic E-state index is 13.9. The third-order valence-corrected chi connectivity index (χ3v) is 7.52. The fraction of sp³-hybridized carbons (Fsp3) is 0.556. The van der Waals surface area contributed by atoms with E-state index in [1.807, 2.05) is 17.0 Å². The largest absolute Gasteiger partial charge is 0.385 e. The number of rotatable bonds is 6. The van der Waals surface area contributed by atoms with Crippen LogP contribution in [-0.4, -0.2) is 63.6 Å². The van der Waals surface area contributed by atoms with Crippen LogP contribution in [0.3, 0.4) is 0 Å². The van der Waals surface area contributed by atoms with Gasteiger partial charge in [0.15, 0.2) is 0 Å². The molecule has 0 radical (unpaired) electrons. The van der Waals surface area contributed by atoms with E-state index in [0.29, 0.717) is 19.8 Å². The van der Waals surface area contributed by atoms with Gasteiger partial charge in [-0.3, -0.25) is 4.79 Å². The molecule has 1 aromatic heterocycles. The van der Waals surface area contributed by atoms with Crippen LogP contribution in [-0.2, 0) is 25.5 Å². The van der Waals surface area contributed by atoms with Gasteiger partial charge in [0.2, 0.25) is 5.91 Å². The van der Waals surface area contributed by atoms with Gasteiger partial charge in [0.05, 0.1) is 36.7 Å². The van der Waals surface area contributed by atoms with E-state index < -0.39 is 0 Å². The Labute approximate surface area is 207 Å². The van der Waals surface area contributed by atoms with Crippen molar-refractivity contribution in [1.82, 2.24) is 4.98 Å². The molecule has 1 saturated heterocycles. The molecule has 0 bridgehead atoms. The Kier molecular flexibility index (Phi) is 7.51. The van der Waals surface area contributed by atoms with Gasteiger partial charge in [-0.15, -0.1) is 0 Å². The summed E-state index contributed by atoms with van der Waals surface area (Å²) in [5, 5.41) is 3.49. The number of nitrogens with one attached hydrogen (secondary N) is 1. The molecule has 2 fully saturated rings. The monoisotopic (exact) mass is 480 g/mol. The minimum absolute atomic E-state index is 0.0120. The molecule has 1 amide bonds. The van der Waals surface area contributed by atoms with Crippen molar-refractivity contribution in [3.05, 3.63) is 42.1 Å². The van der Waals surface area contributed by atoms with E-state index in [1.54, 1.807) is 20.4 Å². The first kappa shape index (κ1) is 24.0. The van der Waals surface area contributed by atoms with Crippen molar-refractivity contribution >= 4 is 28.8 Å². The molecule has 1 N–H and O–H groups in total. The molecule has 0 spiro atoms. The third-order valence-electron chi connectivity index (χ3n) is 7.52. The maximum Gasteiger partial charge on any atom is 0.230 e. The van der Waals surface area contributed by atoms with E-state index >= 15 is 0 Å². The zero-order valence-corrected chi connectivity index (χ0v) is 20.7. The number of anilines is 4. The van der Waals surface area contributed by atoms with Crippen LogP contribution in [0.4, 0.5) is 22.9 Å². The Morgan fingerprint density at radius 1 is 1.20 bits per heavy atom. The second-order valence-electron chi connectivity index (χ2n) is 9.69. The van der Waals surface area contributed by atoms with Crippen LogP contribution in [0.15, 0.2) is 36.5 Å². The highest BCUT2D eigenvalue weighted by molar-refractivity contribution is 6.00. The van der Waals surface area contributed by atoms with E-state index in [4.69, 9.17) is 14.2 Å². The molecule has 1 unspecified atom stereocenters. The molecule has 3 aliphatic rings. The minimum atomic E-state index is 0.0120. The molecule has 3 heterocycles. The van der Waals surface area contributed by atoms with Crippen molar-refractivity contribution in [2.45, 2.75) is 50.9 Å². The van der Waals surface area contributed by atoms with Gasteiger partial charge in [0.25, 0.3) is 0 Å². The van der Waals surface area contributed by atoms with Crippen molar-refractivity contribution in [2.75, 3.05) is 55.6 Å². The second-order valence-corrected chi connectivity index (χ2v) is 9.69. The minimum Gasteiger partial charge on any atom is -0.385 e. The summed E-state index contributed by atoms with van der Waals surface area (Å²) in [7, 11) is 3.49. The Hall–Kier alpha value is -2.68. The number of nitrogens with zero attached hydrogens (tertiary/aromatic N) is 3. The summed E-state index contributed by atoms with van der Waals surface area (Å²) in [6.07, 6.45) is 6.65. The summed E-state index contributed by atoms with van der Waals surface area (Å²) in [6, 6.07) is 10.3. The molecule has 8 heteroatoms. The molecule has 1 saturated carbocycles. The Morgan fingerprint density at radius 2 is 2.06 bits per heavy atom. The lowest BCUT2D eigenvalue weighted by molar-refractivity contribution is -0.124. The molecular formula is C27H36N4O4. The van der Waals surface area contributed by atoms with Crippen molar-refractivity contribution < 1.29 is 19.0 Å². The van der Waals surface area contributed by atoms with Gasteiger partial charge in [-0.2, -0.15) is 0 Å². The highest BCUT2D eigenvalue weighted by Gasteiger charge is 2.33. The number of pyridine rings is 1. The molecule has 1 aliphatic carbocycles. The van der Waals surface area contributed by atoms with E-state index in [2.05, 4.69) is 33.4 Å². The van der Waals surface area contributed by atoms with Crippen LogP contribution < -0.4 is 15.1 Å². The number of fused-ring (bicyclic) bond motifs is 2. The number of amides is 1. The molecule has 5 rings (SSSR count). The number of carbonyl (C=O) groups is 1. The lowest BCUT2D eigenvalue weighted by atomic mass is 9.86. The van der Waals surface area contributed by atoms with Gasteiger partial charge in [0.1, 0.15) is 5.82 Å². The summed E-state index contributed by atoms with van der Waals surface area (Å²) in [6.45, 7) is 3.52. The van der Waals surface area contributed by atoms with Crippen molar-refractivity contribution in [3.63, 3.8) is 0 Å². The number of ether oxygens (including phenoxy) is 3. The van der Waals surface area contributed by atoms with E-state index in [-0.39, 0.29) is 24.0 Å². The van der Waals surface area contributed by atoms with Gasteiger partial charge in [0, 0.05) is 57.3 Å². The van der Waals surface area contributed by atoms with Gasteiger partial charge in [-0.1, -0.05) is 6.07 Å². The predicted molar refractivity (Wildman–Crippen MR) is 136 cm³/mol. The average molecular weight is 481 g/mol. The Morgan fingerprint density at radius 3 is 2.86 bits per heavy atom. The van der Waals surface area contributed by atoms with Crippen LogP contribution in [0.1, 0.15) is 37.7 Å². The van der Waals surface area contributed by atoms with E-state index in [0.717, 1.165) is 73.6 Å². The zero-order valence-electron chi connectivity index (χ0n) is 20.7. The SMILES string of the molecule is COCCC1CN(c2ccc3c(c2)N(C(=O)C2CCC(OC)CC2)Cc2cccnc2N3)CCO1. The smallest absolute Gasteiger partial charge is 0.230 e. The van der Waals surface area contributed by atoms with E-state index in [9.17, 15) is 4.79 Å². The van der Waals surface area contributed by atoms with Gasteiger partial charge in [-0.25, -0.2) is 4.98 Å². The van der Waals surface area contributed by atoms with Crippen LogP contribution in [0, 0.1) is 5.92 Å². The highest BCUT2D eigenvalue weighted by atomic mass is 16.5. The molecule has 2 aliphatic heterocycles. The van der Waals surface area contributed by atoms with Crippen molar-refractivity contribution in [3.8, 4) is 0 Å². The molecule has 8 nitrogen and oxygen atoms in total. The van der Waals surface area contributed by atoms with Crippen LogP contribution in [0.2, 0.25) is 0 Å². The number of aromatic nitrogens is 1. The van der Waals surface area contributed by atoms with Crippen molar-refractivity contribution in [2.24, 2.45) is 5.92 Å². The average Bonchev–Trinajstić information content (AvgIpc) is 3.08. The fourth-order valence-corrected chi connectivity index (χ4v) is 5.45. The Bertz CT molecular complexity index is 1020. The predicted octanol–water partition coefficient (Wildman–Crippen LogP) is 4.12. The molecule has 1 atom stereocenters. The highest BCUT2D eigenvalue weighted by Crippen LogP contribution is 2.40. The lowest BCUT2D eigenvalue weighted by Crippen LogP contribution is -2.43. The standard InChI is InChI=1S/C27H36N4O4/c1-33-14-11-23-18-30(13-15-35-23)21-7-10-24-25(16-21)31(17-20-4-3-12-28-26(20)29-24)27(32)19-5-8-22(34-2)9-6-19/h3-4,7,10,12,16,19,22-23H,5-6,8-9,11,13-15,17-18H2,1-2H3,(H,28,29). The molecule has 1 aromatic carbocycles. The Balaban J connectivity index is 1.44. The van der Waals surface area contributed by atoms with Gasteiger partial charge < -0.3 is 29.3 Å². The summed E-state index contributed by atoms with van der Waals surface area (Å²) in [5.41, 5.74) is 3.96. The second kappa shape index (κ2) is 10.9. The zero-order chi connectivity index (χ0) is 24.2. The molecular weight excluding hydrogens is 444 g/mol. The number of carbonyl (C=O) groups excluding carboxylic acids is 1. The maximum atomic E-state index is 13.9. The normalized spacial score (nSPS) is 24.2. The molecule has 188 valence electrons. The van der Waals surface area contributed by atoms with Crippen LogP contribution in [0.25, 0.3) is 0 Å².